The molecule has 2 heterocycles. The Morgan fingerprint density at radius 2 is 1.94 bits per heavy atom. The highest BCUT2D eigenvalue weighted by Crippen LogP contribution is 2.41. The number of rotatable bonds is 1. The molecule has 3 nitrogen and oxygen atoms in total. The minimum absolute atomic E-state index is 0.159. The molecule has 0 aliphatic carbocycles. The molecule has 0 amide bonds. The smallest absolute Gasteiger partial charge is 0.101 e. The fourth-order valence-corrected chi connectivity index (χ4v) is 3.61. The van der Waals surface area contributed by atoms with Gasteiger partial charge in [0.2, 0.25) is 0 Å². The van der Waals surface area contributed by atoms with Crippen molar-refractivity contribution in [2.75, 3.05) is 4.90 Å². The number of fused-ring (bicyclic) bond motifs is 2. The van der Waals surface area contributed by atoms with Crippen molar-refractivity contribution in [3.8, 4) is 6.07 Å². The van der Waals surface area contributed by atoms with E-state index in [9.17, 15) is 10.4 Å². The van der Waals surface area contributed by atoms with Crippen LogP contribution >= 0.6 is 0 Å². The maximum absolute atomic E-state index is 9.86. The standard InChI is InChI=1S/C15H18N2O/c1-10-3-2-4-11(9-16)15(10)17-12-5-6-13(17)8-14(18)7-12/h2-4,12-14,18H,5-8H2,1H3. The second kappa shape index (κ2) is 4.29. The first-order chi connectivity index (χ1) is 8.70. The number of aliphatic hydroxyl groups is 1. The fourth-order valence-electron chi connectivity index (χ4n) is 3.61. The molecule has 0 saturated carbocycles. The van der Waals surface area contributed by atoms with Crippen LogP contribution in [0.3, 0.4) is 0 Å². The lowest BCUT2D eigenvalue weighted by atomic mass is 9.96. The number of piperidine rings is 1. The lowest BCUT2D eigenvalue weighted by molar-refractivity contribution is 0.126. The predicted octanol–water partition coefficient (Wildman–Crippen LogP) is 2.36. The summed E-state index contributed by atoms with van der Waals surface area (Å²) in [6.07, 6.45) is 3.81. The largest absolute Gasteiger partial charge is 0.393 e. The van der Waals surface area contributed by atoms with Crippen LogP contribution in [0.4, 0.5) is 5.69 Å². The van der Waals surface area contributed by atoms with Gasteiger partial charge in [-0.1, -0.05) is 12.1 Å². The van der Waals surface area contributed by atoms with Gasteiger partial charge in [-0.05, 0) is 44.2 Å². The zero-order chi connectivity index (χ0) is 12.7. The monoisotopic (exact) mass is 242 g/mol. The second-order valence-corrected chi connectivity index (χ2v) is 5.50. The van der Waals surface area contributed by atoms with Crippen LogP contribution in [0.5, 0.6) is 0 Å². The van der Waals surface area contributed by atoms with Crippen LogP contribution in [0.15, 0.2) is 18.2 Å². The van der Waals surface area contributed by atoms with Crippen LogP contribution < -0.4 is 4.90 Å². The summed E-state index contributed by atoms with van der Waals surface area (Å²) in [5, 5.41) is 19.2. The van der Waals surface area contributed by atoms with Gasteiger partial charge in [0.1, 0.15) is 6.07 Å². The first-order valence-corrected chi connectivity index (χ1v) is 6.67. The highest BCUT2D eigenvalue weighted by molar-refractivity contribution is 5.66. The Balaban J connectivity index is 2.04. The summed E-state index contributed by atoms with van der Waals surface area (Å²) in [7, 11) is 0. The number of benzene rings is 1. The molecular formula is C15H18N2O. The molecule has 3 heteroatoms. The van der Waals surface area contributed by atoms with Crippen LogP contribution in [0.1, 0.15) is 36.8 Å². The average Bonchev–Trinajstić information content (AvgIpc) is 2.61. The molecule has 2 bridgehead atoms. The number of hydrogen-bond donors (Lipinski definition) is 1. The highest BCUT2D eigenvalue weighted by atomic mass is 16.3. The molecule has 1 aromatic rings. The minimum atomic E-state index is -0.159. The van der Waals surface area contributed by atoms with Crippen molar-refractivity contribution < 1.29 is 5.11 Å². The molecule has 18 heavy (non-hydrogen) atoms. The third-order valence-corrected chi connectivity index (χ3v) is 4.32. The Hall–Kier alpha value is -1.53. The molecule has 1 N–H and O–H groups in total. The zero-order valence-corrected chi connectivity index (χ0v) is 10.6. The summed E-state index contributed by atoms with van der Waals surface area (Å²) in [4.78, 5) is 2.40. The van der Waals surface area contributed by atoms with Gasteiger partial charge in [0.15, 0.2) is 0 Å². The maximum Gasteiger partial charge on any atom is 0.101 e. The highest BCUT2D eigenvalue weighted by Gasteiger charge is 2.41. The van der Waals surface area contributed by atoms with Gasteiger partial charge in [0.05, 0.1) is 17.4 Å². The van der Waals surface area contributed by atoms with Crippen molar-refractivity contribution >= 4 is 5.69 Å². The van der Waals surface area contributed by atoms with Crippen molar-refractivity contribution in [3.63, 3.8) is 0 Å². The molecule has 2 fully saturated rings. The van der Waals surface area contributed by atoms with Gasteiger partial charge in [0, 0.05) is 12.1 Å². The average molecular weight is 242 g/mol. The van der Waals surface area contributed by atoms with E-state index in [0.717, 1.165) is 36.9 Å². The molecule has 2 saturated heterocycles. The molecule has 2 aliphatic heterocycles. The van der Waals surface area contributed by atoms with E-state index in [1.54, 1.807) is 0 Å². The normalized spacial score (nSPS) is 30.3. The molecule has 94 valence electrons. The van der Waals surface area contributed by atoms with Crippen LogP contribution in [0.25, 0.3) is 0 Å². The van der Waals surface area contributed by atoms with Gasteiger partial charge in [-0.15, -0.1) is 0 Å². The summed E-state index contributed by atoms with van der Waals surface area (Å²) in [5.41, 5.74) is 3.03. The predicted molar refractivity (Wildman–Crippen MR) is 70.4 cm³/mol. The molecule has 0 radical (unpaired) electrons. The van der Waals surface area contributed by atoms with Crippen molar-refractivity contribution in [2.45, 2.75) is 50.8 Å². The molecule has 0 spiro atoms. The minimum Gasteiger partial charge on any atom is -0.393 e. The first-order valence-electron chi connectivity index (χ1n) is 6.67. The summed E-state index contributed by atoms with van der Waals surface area (Å²) in [6, 6.07) is 9.04. The van der Waals surface area contributed by atoms with Crippen LogP contribution in [0, 0.1) is 18.3 Å². The first kappa shape index (κ1) is 11.6. The zero-order valence-electron chi connectivity index (χ0n) is 10.6. The molecular weight excluding hydrogens is 224 g/mol. The lowest BCUT2D eigenvalue weighted by Gasteiger charge is -2.40. The molecule has 2 atom stereocenters. The second-order valence-electron chi connectivity index (χ2n) is 5.50. The lowest BCUT2D eigenvalue weighted by Crippen LogP contribution is -2.45. The van der Waals surface area contributed by atoms with E-state index < -0.39 is 0 Å². The molecule has 2 unspecified atom stereocenters. The van der Waals surface area contributed by atoms with Crippen molar-refractivity contribution in [1.82, 2.24) is 0 Å². The fraction of sp³-hybridized carbons (Fsp3) is 0.533. The van der Waals surface area contributed by atoms with Gasteiger partial charge < -0.3 is 10.0 Å². The van der Waals surface area contributed by atoms with Gasteiger partial charge in [-0.2, -0.15) is 5.26 Å². The summed E-state index contributed by atoms with van der Waals surface area (Å²) in [6.45, 7) is 2.07. The Labute approximate surface area is 108 Å². The number of anilines is 1. The van der Waals surface area contributed by atoms with E-state index in [2.05, 4.69) is 24.0 Å². The molecule has 1 aromatic carbocycles. The molecule has 3 rings (SSSR count). The van der Waals surface area contributed by atoms with Crippen molar-refractivity contribution in [1.29, 1.82) is 5.26 Å². The molecule has 0 aromatic heterocycles. The quantitative estimate of drug-likeness (QED) is 0.822. The Morgan fingerprint density at radius 3 is 2.56 bits per heavy atom. The maximum atomic E-state index is 9.86. The third-order valence-electron chi connectivity index (χ3n) is 4.32. The summed E-state index contributed by atoms with van der Waals surface area (Å²) in [5.74, 6) is 0. The number of nitrogens with zero attached hydrogens (tertiary/aromatic N) is 2. The van der Waals surface area contributed by atoms with Crippen LogP contribution in [-0.4, -0.2) is 23.3 Å². The van der Waals surface area contributed by atoms with Crippen molar-refractivity contribution in [2.24, 2.45) is 0 Å². The number of hydrogen-bond acceptors (Lipinski definition) is 3. The number of para-hydroxylation sites is 1. The van der Waals surface area contributed by atoms with Gasteiger partial charge in [-0.25, -0.2) is 0 Å². The number of aliphatic hydroxyl groups excluding tert-OH is 1. The Morgan fingerprint density at radius 1 is 1.28 bits per heavy atom. The summed E-state index contributed by atoms with van der Waals surface area (Å²) < 4.78 is 0. The van der Waals surface area contributed by atoms with E-state index >= 15 is 0 Å². The van der Waals surface area contributed by atoms with Crippen LogP contribution in [-0.2, 0) is 0 Å². The van der Waals surface area contributed by atoms with E-state index in [4.69, 9.17) is 0 Å². The van der Waals surface area contributed by atoms with Gasteiger partial charge >= 0.3 is 0 Å². The summed E-state index contributed by atoms with van der Waals surface area (Å²) >= 11 is 0. The van der Waals surface area contributed by atoms with Crippen molar-refractivity contribution in [3.05, 3.63) is 29.3 Å². The molecule has 2 aliphatic rings. The van der Waals surface area contributed by atoms with Crippen LogP contribution in [0.2, 0.25) is 0 Å². The number of nitriles is 1. The van der Waals surface area contributed by atoms with Gasteiger partial charge in [-0.3, -0.25) is 0 Å². The Kier molecular flexibility index (Phi) is 2.76. The van der Waals surface area contributed by atoms with Gasteiger partial charge in [0.25, 0.3) is 0 Å². The SMILES string of the molecule is Cc1cccc(C#N)c1N1C2CCC1CC(O)C2. The number of aryl methyl sites for hydroxylation is 1. The van der Waals surface area contributed by atoms with E-state index in [0.29, 0.717) is 12.1 Å². The topological polar surface area (TPSA) is 47.3 Å². The van der Waals surface area contributed by atoms with E-state index in [1.165, 1.54) is 5.56 Å². The van der Waals surface area contributed by atoms with E-state index in [1.807, 2.05) is 12.1 Å². The Bertz CT molecular complexity index is 492. The third kappa shape index (κ3) is 1.69. The van der Waals surface area contributed by atoms with E-state index in [-0.39, 0.29) is 6.10 Å².